The van der Waals surface area contributed by atoms with Gasteiger partial charge in [0.15, 0.2) is 0 Å². The van der Waals surface area contributed by atoms with Crippen molar-refractivity contribution in [3.8, 4) is 0 Å². The molecule has 8 heteroatoms. The summed E-state index contributed by atoms with van der Waals surface area (Å²) in [6.45, 7) is 9.00. The zero-order chi connectivity index (χ0) is 21.7. The second-order valence-electron chi connectivity index (χ2n) is 9.02. The Kier molecular flexibility index (Phi) is 5.04. The highest BCUT2D eigenvalue weighted by atomic mass is 16.2. The van der Waals surface area contributed by atoms with Gasteiger partial charge in [0.25, 0.3) is 5.91 Å². The van der Waals surface area contributed by atoms with E-state index in [-0.39, 0.29) is 11.9 Å². The Morgan fingerprint density at radius 1 is 1.03 bits per heavy atom. The molecule has 164 valence electrons. The lowest BCUT2D eigenvalue weighted by Crippen LogP contribution is -2.63. The van der Waals surface area contributed by atoms with Crippen LogP contribution in [0.1, 0.15) is 30.4 Å². The van der Waals surface area contributed by atoms with Crippen molar-refractivity contribution < 1.29 is 14.2 Å². The number of fused-ring (bicyclic) bond motifs is 2. The number of amides is 3. The third kappa shape index (κ3) is 3.33. The molecular weight excluding hydrogens is 392 g/mol. The summed E-state index contributed by atoms with van der Waals surface area (Å²) in [6, 6.07) is 5.61. The minimum atomic E-state index is -0.504. The van der Waals surface area contributed by atoms with E-state index in [0.29, 0.717) is 18.9 Å². The molecule has 5 rings (SSSR count). The molecule has 0 N–H and O–H groups in total. The van der Waals surface area contributed by atoms with E-state index in [1.165, 1.54) is 35.3 Å². The zero-order valence-corrected chi connectivity index (χ0v) is 18.7. The third-order valence-corrected chi connectivity index (χ3v) is 7.09. The number of hydrogen-bond acceptors (Lipinski definition) is 5. The summed E-state index contributed by atoms with van der Waals surface area (Å²) in [6.07, 6.45) is 3.66. The Morgan fingerprint density at radius 3 is 2.55 bits per heavy atom. The lowest BCUT2D eigenvalue weighted by atomic mass is 10.1. The van der Waals surface area contributed by atoms with Crippen molar-refractivity contribution in [2.45, 2.75) is 39.2 Å². The van der Waals surface area contributed by atoms with Crippen molar-refractivity contribution in [3.05, 3.63) is 29.3 Å². The summed E-state index contributed by atoms with van der Waals surface area (Å²) in [5.41, 5.74) is 3.56. The lowest BCUT2D eigenvalue weighted by Gasteiger charge is -2.35. The van der Waals surface area contributed by atoms with Gasteiger partial charge in [-0.1, -0.05) is 17.5 Å². The molecule has 0 spiro atoms. The predicted octanol–water partition coefficient (Wildman–Crippen LogP) is 1.65. The number of likely N-dealkylation sites (N-methyl/N-ethyl adjacent to an activating group) is 1. The van der Waals surface area contributed by atoms with Crippen LogP contribution in [0.25, 0.3) is 0 Å². The lowest BCUT2D eigenvalue weighted by molar-refractivity contribution is -0.525. The normalized spacial score (nSPS) is 24.2. The fourth-order valence-electron chi connectivity index (χ4n) is 5.03. The van der Waals surface area contributed by atoms with E-state index >= 15 is 0 Å². The van der Waals surface area contributed by atoms with Gasteiger partial charge in [0, 0.05) is 20.1 Å². The maximum Gasteiger partial charge on any atom is 0.397 e. The number of aryl methyl sites for hydroxylation is 2. The standard InChI is InChI=1S/C23H31N6O2/c1-16-7-8-18(15-17(16)2)27-13-14-28-19-20(24-22(27)28)25(3)23(31)29(21(19)30)12-11-26-9-5-4-6-10-26/h7-8,15,19H,4-6,9-14H2,1-3H3/q+1. The SMILES string of the molecule is Cc1ccc(N2CC[N+]3=C2N=C2C3C(=O)N(CCN3CCCCC3)C(=O)N2C)cc1C. The molecule has 0 bridgehead atoms. The van der Waals surface area contributed by atoms with Crippen molar-refractivity contribution in [1.29, 1.82) is 0 Å². The molecule has 1 aromatic carbocycles. The Hall–Kier alpha value is -2.74. The molecule has 8 nitrogen and oxygen atoms in total. The Labute approximate surface area is 183 Å². The number of aliphatic imine (C=N–C) groups is 1. The van der Waals surface area contributed by atoms with Crippen LogP contribution in [0.5, 0.6) is 0 Å². The average molecular weight is 424 g/mol. The minimum Gasteiger partial charge on any atom is -0.302 e. The van der Waals surface area contributed by atoms with Crippen LogP contribution >= 0.6 is 0 Å². The largest absolute Gasteiger partial charge is 0.397 e. The minimum absolute atomic E-state index is 0.143. The number of amidine groups is 1. The predicted molar refractivity (Wildman–Crippen MR) is 120 cm³/mol. The van der Waals surface area contributed by atoms with Crippen molar-refractivity contribution in [3.63, 3.8) is 0 Å². The number of anilines is 1. The van der Waals surface area contributed by atoms with E-state index < -0.39 is 6.04 Å². The highest BCUT2D eigenvalue weighted by molar-refractivity contribution is 6.24. The smallest absolute Gasteiger partial charge is 0.302 e. The molecule has 1 atom stereocenters. The molecule has 1 unspecified atom stereocenters. The summed E-state index contributed by atoms with van der Waals surface area (Å²) in [5.74, 6) is 1.18. The topological polar surface area (TPSA) is 62.5 Å². The van der Waals surface area contributed by atoms with Gasteiger partial charge in [-0.2, -0.15) is 0 Å². The van der Waals surface area contributed by atoms with Crippen LogP contribution in [-0.4, -0.2) is 95.4 Å². The molecule has 0 saturated carbocycles. The fraction of sp³-hybridized carbons (Fsp3) is 0.565. The summed E-state index contributed by atoms with van der Waals surface area (Å²) in [5, 5.41) is 0. The Morgan fingerprint density at radius 2 is 1.81 bits per heavy atom. The number of piperidine rings is 1. The molecule has 4 aliphatic rings. The molecule has 0 aliphatic carbocycles. The quantitative estimate of drug-likeness (QED) is 0.691. The molecule has 0 radical (unpaired) electrons. The number of carbonyl (C=O) groups excluding carboxylic acids is 2. The van der Waals surface area contributed by atoms with Crippen LogP contribution in [-0.2, 0) is 4.79 Å². The van der Waals surface area contributed by atoms with Gasteiger partial charge in [-0.3, -0.25) is 14.6 Å². The number of nitrogens with zero attached hydrogens (tertiary/aromatic N) is 6. The number of urea groups is 1. The van der Waals surface area contributed by atoms with E-state index in [9.17, 15) is 9.59 Å². The number of imide groups is 1. The van der Waals surface area contributed by atoms with Gasteiger partial charge in [-0.15, -0.1) is 0 Å². The summed E-state index contributed by atoms with van der Waals surface area (Å²) >= 11 is 0. The molecule has 2 fully saturated rings. The molecule has 0 aromatic heterocycles. The van der Waals surface area contributed by atoms with Crippen LogP contribution in [0.2, 0.25) is 0 Å². The Bertz CT molecular complexity index is 994. The molecule has 4 aliphatic heterocycles. The number of likely N-dealkylation sites (tertiary alicyclic amines) is 1. The summed E-state index contributed by atoms with van der Waals surface area (Å²) in [4.78, 5) is 38.7. The van der Waals surface area contributed by atoms with Gasteiger partial charge in [0.2, 0.25) is 11.9 Å². The van der Waals surface area contributed by atoms with E-state index in [2.05, 4.69) is 46.4 Å². The maximum absolute atomic E-state index is 13.4. The molecule has 3 amide bonds. The second-order valence-corrected chi connectivity index (χ2v) is 9.02. The number of guanidine groups is 1. The number of benzene rings is 1. The van der Waals surface area contributed by atoms with E-state index in [0.717, 1.165) is 37.8 Å². The molecule has 1 aromatic rings. The van der Waals surface area contributed by atoms with Crippen molar-refractivity contribution >= 4 is 29.4 Å². The van der Waals surface area contributed by atoms with Gasteiger partial charge >= 0.3 is 12.0 Å². The van der Waals surface area contributed by atoms with Gasteiger partial charge in [0.05, 0.1) is 6.54 Å². The van der Waals surface area contributed by atoms with Crippen LogP contribution in [0.15, 0.2) is 23.2 Å². The van der Waals surface area contributed by atoms with Crippen LogP contribution in [0, 0.1) is 13.8 Å². The van der Waals surface area contributed by atoms with Crippen LogP contribution in [0.3, 0.4) is 0 Å². The average Bonchev–Trinajstić information content (AvgIpc) is 3.34. The molecule has 2 saturated heterocycles. The van der Waals surface area contributed by atoms with Gasteiger partial charge in [-0.25, -0.2) is 14.3 Å². The summed E-state index contributed by atoms with van der Waals surface area (Å²) < 4.78 is 2.06. The van der Waals surface area contributed by atoms with Crippen molar-refractivity contribution in [1.82, 2.24) is 14.7 Å². The van der Waals surface area contributed by atoms with Gasteiger partial charge < -0.3 is 4.90 Å². The first-order valence-corrected chi connectivity index (χ1v) is 11.3. The molecule has 4 heterocycles. The highest BCUT2D eigenvalue weighted by Crippen LogP contribution is 2.28. The van der Waals surface area contributed by atoms with Crippen LogP contribution < -0.4 is 4.90 Å². The van der Waals surface area contributed by atoms with Gasteiger partial charge in [-0.05, 0) is 63.0 Å². The van der Waals surface area contributed by atoms with Crippen molar-refractivity contribution in [2.24, 2.45) is 4.99 Å². The van der Waals surface area contributed by atoms with E-state index in [1.54, 1.807) is 11.9 Å². The first kappa shape index (κ1) is 20.2. The number of rotatable bonds is 4. The van der Waals surface area contributed by atoms with Crippen LogP contribution in [0.4, 0.5) is 10.5 Å². The number of carbonyl (C=O) groups is 2. The summed E-state index contributed by atoms with van der Waals surface area (Å²) in [7, 11) is 1.73. The zero-order valence-electron chi connectivity index (χ0n) is 18.7. The molecular formula is C23H31N6O2+. The fourth-order valence-corrected chi connectivity index (χ4v) is 5.03. The second kappa shape index (κ2) is 7.75. The Balaban J connectivity index is 1.39. The van der Waals surface area contributed by atoms with Gasteiger partial charge in [0.1, 0.15) is 12.2 Å². The monoisotopic (exact) mass is 423 g/mol. The van der Waals surface area contributed by atoms with E-state index in [1.807, 2.05) is 0 Å². The van der Waals surface area contributed by atoms with E-state index in [4.69, 9.17) is 4.99 Å². The first-order chi connectivity index (χ1) is 15.0. The molecule has 31 heavy (non-hydrogen) atoms. The maximum atomic E-state index is 13.4. The highest BCUT2D eigenvalue weighted by Gasteiger charge is 2.55. The number of hydrogen-bond donors (Lipinski definition) is 0. The first-order valence-electron chi connectivity index (χ1n) is 11.3. The third-order valence-electron chi connectivity index (χ3n) is 7.09. The van der Waals surface area contributed by atoms with Crippen molar-refractivity contribution in [2.75, 3.05) is 51.2 Å².